The Hall–Kier alpha value is -4.42. The van der Waals surface area contributed by atoms with E-state index in [0.717, 1.165) is 96.5 Å². The number of nitrogens with one attached hydrogen (secondary N) is 1. The molecule has 0 spiro atoms. The number of hydrogen-bond donors (Lipinski definition) is 1. The number of nitrogens with zero attached hydrogens (tertiary/aromatic N) is 5. The van der Waals surface area contributed by atoms with E-state index in [1.165, 1.54) is 12.0 Å². The molecule has 2 amide bonds. The molecule has 2 aromatic carbocycles. The van der Waals surface area contributed by atoms with Crippen molar-refractivity contribution in [3.05, 3.63) is 70.5 Å². The van der Waals surface area contributed by atoms with Crippen LogP contribution in [0.4, 0.5) is 0 Å². The molecular formula is C43H54N6O5S. The number of sulfonamides is 1. The molecule has 3 aliphatic heterocycles. The molecule has 0 radical (unpaired) electrons. The number of allylic oxidation sites excluding steroid dienone is 1. The number of aromatic nitrogens is 3. The van der Waals surface area contributed by atoms with Crippen molar-refractivity contribution >= 4 is 44.4 Å². The molecule has 2 saturated heterocycles. The van der Waals surface area contributed by atoms with Gasteiger partial charge in [0.2, 0.25) is 10.0 Å². The maximum absolute atomic E-state index is 14.6. The van der Waals surface area contributed by atoms with Crippen LogP contribution in [0, 0.1) is 5.92 Å². The van der Waals surface area contributed by atoms with Gasteiger partial charge in [0.15, 0.2) is 0 Å². The minimum Gasteiger partial charge on any atom is -0.497 e. The Morgan fingerprint density at radius 1 is 0.982 bits per heavy atom. The predicted octanol–water partition coefficient (Wildman–Crippen LogP) is 7.33. The van der Waals surface area contributed by atoms with Crippen molar-refractivity contribution in [2.45, 2.75) is 104 Å². The van der Waals surface area contributed by atoms with E-state index in [0.29, 0.717) is 24.1 Å². The summed E-state index contributed by atoms with van der Waals surface area (Å²) in [6.45, 7) is 13.0. The molecule has 1 aliphatic carbocycles. The van der Waals surface area contributed by atoms with Crippen LogP contribution in [0.2, 0.25) is 0 Å². The molecular weight excluding hydrogens is 713 g/mol. The lowest BCUT2D eigenvalue weighted by molar-refractivity contribution is 0.0630. The summed E-state index contributed by atoms with van der Waals surface area (Å²) in [6.07, 6.45) is 10.6. The van der Waals surface area contributed by atoms with Crippen molar-refractivity contribution in [2.75, 3.05) is 32.5 Å². The second-order valence-electron chi connectivity index (χ2n) is 16.7. The van der Waals surface area contributed by atoms with Crippen molar-refractivity contribution in [1.82, 2.24) is 28.9 Å². The lowest BCUT2D eigenvalue weighted by Gasteiger charge is -2.33. The fraction of sp³-hybridized carbons (Fsp3) is 0.512. The van der Waals surface area contributed by atoms with Crippen molar-refractivity contribution in [2.24, 2.45) is 5.92 Å². The maximum atomic E-state index is 14.6. The zero-order valence-electron chi connectivity index (χ0n) is 33.0. The van der Waals surface area contributed by atoms with Gasteiger partial charge in [-0.2, -0.15) is 5.10 Å². The number of rotatable bonds is 10. The van der Waals surface area contributed by atoms with Crippen LogP contribution in [-0.4, -0.2) is 89.0 Å². The van der Waals surface area contributed by atoms with E-state index in [1.54, 1.807) is 19.4 Å². The topological polar surface area (TPSA) is 119 Å². The van der Waals surface area contributed by atoms with Crippen molar-refractivity contribution < 1.29 is 22.7 Å². The van der Waals surface area contributed by atoms with Crippen LogP contribution in [0.15, 0.2) is 42.6 Å². The highest BCUT2D eigenvalue weighted by atomic mass is 32.2. The molecule has 2 bridgehead atoms. The van der Waals surface area contributed by atoms with Gasteiger partial charge in [0.1, 0.15) is 5.75 Å². The third-order valence-corrected chi connectivity index (χ3v) is 13.8. The zero-order chi connectivity index (χ0) is 38.8. The van der Waals surface area contributed by atoms with E-state index in [9.17, 15) is 18.0 Å². The Balaban J connectivity index is 1.31. The molecule has 5 heterocycles. The lowest BCUT2D eigenvalue weighted by Crippen LogP contribution is -2.48. The molecule has 2 atom stereocenters. The van der Waals surface area contributed by atoms with E-state index in [2.05, 4.69) is 58.1 Å². The second kappa shape index (κ2) is 14.6. The lowest BCUT2D eigenvalue weighted by atomic mass is 9.81. The molecule has 1 N–H and O–H groups in total. The molecule has 4 aromatic rings. The number of ether oxygens (including phenoxy) is 1. The van der Waals surface area contributed by atoms with Gasteiger partial charge in [-0.1, -0.05) is 46.1 Å². The number of carbonyl (C=O) groups excluding carboxylic acids is 2. The molecule has 55 heavy (non-hydrogen) atoms. The van der Waals surface area contributed by atoms with E-state index < -0.39 is 15.9 Å². The monoisotopic (exact) mass is 766 g/mol. The van der Waals surface area contributed by atoms with Gasteiger partial charge in [0.05, 0.1) is 42.6 Å². The Bertz CT molecular complexity index is 2300. The summed E-state index contributed by atoms with van der Waals surface area (Å²) in [5.41, 5.74) is 7.87. The van der Waals surface area contributed by atoms with Crippen LogP contribution in [0.25, 0.3) is 33.8 Å². The number of hydrogen-bond acceptors (Lipinski definition) is 7. The van der Waals surface area contributed by atoms with Crippen molar-refractivity contribution in [1.29, 1.82) is 0 Å². The van der Waals surface area contributed by atoms with Gasteiger partial charge in [0.25, 0.3) is 11.8 Å². The molecule has 11 nitrogen and oxygen atoms in total. The Labute approximate surface area is 324 Å². The smallest absolute Gasteiger partial charge is 0.264 e. The fourth-order valence-corrected chi connectivity index (χ4v) is 11.1. The van der Waals surface area contributed by atoms with Gasteiger partial charge in [-0.15, -0.1) is 0 Å². The first kappa shape index (κ1) is 37.5. The number of amides is 2. The standard InChI is InChI=1S/C43H54N6O5S/c1-7-46-23-33-20-32(46)24-47(33)43(51)37-21-44-49(27(4)5)40(37)31-17-30-18-34(54-6)14-16-35(30)41-39(28-11-9-8-10-12-28)36-15-13-29(19-38(36)48(41)22-31)42(50)45-55(52,53)25-26(2)3/h13-19,21,26-28,32-33H,7-12,20,22-25H2,1-6H3,(H,45,50)/t32?,33-/m0/s1. The Morgan fingerprint density at radius 2 is 1.76 bits per heavy atom. The van der Waals surface area contributed by atoms with E-state index >= 15 is 0 Å². The number of carbonyl (C=O) groups is 2. The predicted molar refractivity (Wildman–Crippen MR) is 217 cm³/mol. The van der Waals surface area contributed by atoms with E-state index in [-0.39, 0.29) is 35.2 Å². The molecule has 292 valence electrons. The van der Waals surface area contributed by atoms with E-state index in [4.69, 9.17) is 9.84 Å². The molecule has 12 heteroatoms. The zero-order valence-corrected chi connectivity index (χ0v) is 33.8. The molecule has 2 aromatic heterocycles. The quantitative estimate of drug-likeness (QED) is 0.180. The third kappa shape index (κ3) is 6.79. The normalized spacial score (nSPS) is 20.2. The second-order valence-corrected chi connectivity index (χ2v) is 18.4. The minimum atomic E-state index is -3.82. The number of likely N-dealkylation sites (N-methyl/N-ethyl adjacent to an activating group) is 1. The molecule has 3 fully saturated rings. The fourth-order valence-electron chi connectivity index (χ4n) is 9.78. The van der Waals surface area contributed by atoms with Crippen LogP contribution >= 0.6 is 0 Å². The van der Waals surface area contributed by atoms with Gasteiger partial charge in [-0.25, -0.2) is 13.1 Å². The first-order valence-corrected chi connectivity index (χ1v) is 21.7. The number of piperazine rings is 1. The summed E-state index contributed by atoms with van der Waals surface area (Å²) in [6, 6.07) is 12.4. The SMILES string of the molecule is CCN1C[C@@H]2CC1CN2C(=O)c1cnn(C(C)C)c1C1=Cc2cc(OC)ccc2-c2c(C3CCCCC3)c3ccc(C(=O)NS(=O)(=O)CC(C)C)cc3n2C1. The molecule has 8 rings (SSSR count). The van der Waals surface area contributed by atoms with Gasteiger partial charge >= 0.3 is 0 Å². The van der Waals surface area contributed by atoms with Gasteiger partial charge < -0.3 is 14.2 Å². The number of methoxy groups -OCH3 is 1. The first-order chi connectivity index (χ1) is 26.4. The minimum absolute atomic E-state index is 0.0159. The van der Waals surface area contributed by atoms with Crippen LogP contribution in [0.1, 0.15) is 123 Å². The number of benzene rings is 2. The number of fused-ring (bicyclic) bond motifs is 7. The van der Waals surface area contributed by atoms with Gasteiger partial charge in [0, 0.05) is 53.2 Å². The van der Waals surface area contributed by atoms with Crippen LogP contribution in [-0.2, 0) is 16.6 Å². The highest BCUT2D eigenvalue weighted by Gasteiger charge is 2.45. The van der Waals surface area contributed by atoms with Crippen molar-refractivity contribution in [3.8, 4) is 17.0 Å². The highest BCUT2D eigenvalue weighted by Crippen LogP contribution is 2.48. The molecule has 1 unspecified atom stereocenters. The Kier molecular flexibility index (Phi) is 9.94. The summed E-state index contributed by atoms with van der Waals surface area (Å²) in [4.78, 5) is 32.8. The summed E-state index contributed by atoms with van der Waals surface area (Å²) >= 11 is 0. The average Bonchev–Trinajstić information content (AvgIpc) is 3.93. The van der Waals surface area contributed by atoms with Crippen LogP contribution in [0.5, 0.6) is 5.75 Å². The van der Waals surface area contributed by atoms with Gasteiger partial charge in [-0.3, -0.25) is 19.2 Å². The van der Waals surface area contributed by atoms with Crippen LogP contribution in [0.3, 0.4) is 0 Å². The summed E-state index contributed by atoms with van der Waals surface area (Å²) in [5, 5.41) is 5.92. The summed E-state index contributed by atoms with van der Waals surface area (Å²) in [7, 11) is -2.14. The number of likely N-dealkylation sites (tertiary alicyclic amines) is 2. The highest BCUT2D eigenvalue weighted by molar-refractivity contribution is 7.90. The molecule has 1 saturated carbocycles. The summed E-state index contributed by atoms with van der Waals surface area (Å²) < 4.78 is 38.1. The average molecular weight is 767 g/mol. The Morgan fingerprint density at radius 3 is 2.44 bits per heavy atom. The molecule has 4 aliphatic rings. The van der Waals surface area contributed by atoms with Gasteiger partial charge in [-0.05, 0) is 105 Å². The van der Waals surface area contributed by atoms with Crippen LogP contribution < -0.4 is 9.46 Å². The van der Waals surface area contributed by atoms with Crippen molar-refractivity contribution in [3.63, 3.8) is 0 Å². The summed E-state index contributed by atoms with van der Waals surface area (Å²) in [5.74, 6) is 0.173. The van der Waals surface area contributed by atoms with E-state index in [1.807, 2.05) is 36.7 Å². The first-order valence-electron chi connectivity index (χ1n) is 20.1. The third-order valence-electron chi connectivity index (χ3n) is 12.2. The largest absolute Gasteiger partial charge is 0.497 e. The maximum Gasteiger partial charge on any atom is 0.264 e.